The standard InChI is InChI=1S/C17H24N4O4/c1-18-16(23)9-19-15(22)8-12-10-25-14-6-5-11(17(24)20(2)3)7-13(14)21(12)4/h5-7,12H,8-10H2,1-4H3,(H,18,23)(H,19,22)/t12-/m1/s1. The fourth-order valence-corrected chi connectivity index (χ4v) is 2.55. The monoisotopic (exact) mass is 348 g/mol. The number of anilines is 1. The van der Waals surface area contributed by atoms with E-state index in [0.29, 0.717) is 17.9 Å². The molecule has 1 aromatic rings. The Morgan fingerprint density at radius 2 is 2.00 bits per heavy atom. The minimum Gasteiger partial charge on any atom is -0.489 e. The number of carbonyl (C=O) groups is 3. The molecule has 0 aromatic heterocycles. The summed E-state index contributed by atoms with van der Waals surface area (Å²) >= 11 is 0. The molecule has 0 saturated heterocycles. The molecule has 25 heavy (non-hydrogen) atoms. The van der Waals surface area contributed by atoms with Crippen molar-refractivity contribution in [3.63, 3.8) is 0 Å². The lowest BCUT2D eigenvalue weighted by atomic mass is 10.1. The van der Waals surface area contributed by atoms with Gasteiger partial charge in [-0.1, -0.05) is 0 Å². The van der Waals surface area contributed by atoms with Crippen LogP contribution in [0.4, 0.5) is 5.69 Å². The van der Waals surface area contributed by atoms with E-state index in [1.54, 1.807) is 32.3 Å². The number of nitrogens with zero attached hydrogens (tertiary/aromatic N) is 2. The predicted octanol–water partition coefficient (Wildman–Crippen LogP) is -0.162. The third kappa shape index (κ3) is 4.40. The summed E-state index contributed by atoms with van der Waals surface area (Å²) < 4.78 is 5.72. The summed E-state index contributed by atoms with van der Waals surface area (Å²) in [7, 11) is 6.77. The molecular formula is C17H24N4O4. The average Bonchev–Trinajstić information content (AvgIpc) is 2.61. The van der Waals surface area contributed by atoms with Crippen molar-refractivity contribution in [2.75, 3.05) is 46.2 Å². The molecule has 0 fully saturated rings. The van der Waals surface area contributed by atoms with E-state index in [0.717, 1.165) is 5.69 Å². The van der Waals surface area contributed by atoms with Gasteiger partial charge in [-0.25, -0.2) is 0 Å². The quantitative estimate of drug-likeness (QED) is 0.771. The molecule has 0 unspecified atom stereocenters. The molecule has 8 heteroatoms. The smallest absolute Gasteiger partial charge is 0.253 e. The van der Waals surface area contributed by atoms with Crippen LogP contribution in [0.2, 0.25) is 0 Å². The van der Waals surface area contributed by atoms with Crippen LogP contribution >= 0.6 is 0 Å². The van der Waals surface area contributed by atoms with Crippen molar-refractivity contribution in [2.24, 2.45) is 0 Å². The van der Waals surface area contributed by atoms with Crippen LogP contribution in [0, 0.1) is 0 Å². The van der Waals surface area contributed by atoms with E-state index >= 15 is 0 Å². The summed E-state index contributed by atoms with van der Waals surface area (Å²) in [5.41, 5.74) is 1.33. The molecule has 1 atom stereocenters. The van der Waals surface area contributed by atoms with Gasteiger partial charge in [0.1, 0.15) is 12.4 Å². The van der Waals surface area contributed by atoms with E-state index in [1.165, 1.54) is 11.9 Å². The van der Waals surface area contributed by atoms with Crippen molar-refractivity contribution in [2.45, 2.75) is 12.5 Å². The lowest BCUT2D eigenvalue weighted by molar-refractivity contribution is -0.126. The van der Waals surface area contributed by atoms with Gasteiger partial charge in [0.05, 0.1) is 24.7 Å². The van der Waals surface area contributed by atoms with E-state index in [4.69, 9.17) is 4.74 Å². The number of carbonyl (C=O) groups excluding carboxylic acids is 3. The van der Waals surface area contributed by atoms with Gasteiger partial charge in [0, 0.05) is 33.8 Å². The molecule has 1 aliphatic heterocycles. The second kappa shape index (κ2) is 7.87. The molecule has 136 valence electrons. The average molecular weight is 348 g/mol. The van der Waals surface area contributed by atoms with Crippen molar-refractivity contribution in [1.29, 1.82) is 0 Å². The number of hydrogen-bond acceptors (Lipinski definition) is 5. The topological polar surface area (TPSA) is 91.0 Å². The minimum atomic E-state index is -0.251. The van der Waals surface area contributed by atoms with Gasteiger partial charge in [0.2, 0.25) is 11.8 Å². The summed E-state index contributed by atoms with van der Waals surface area (Å²) in [5, 5.41) is 5.02. The zero-order valence-electron chi connectivity index (χ0n) is 15.0. The van der Waals surface area contributed by atoms with Gasteiger partial charge >= 0.3 is 0 Å². The minimum absolute atomic E-state index is 0.0509. The fourth-order valence-electron chi connectivity index (χ4n) is 2.55. The van der Waals surface area contributed by atoms with Gasteiger partial charge in [-0.15, -0.1) is 0 Å². The van der Waals surface area contributed by atoms with Crippen LogP contribution in [0.5, 0.6) is 5.75 Å². The Balaban J connectivity index is 2.07. The van der Waals surface area contributed by atoms with Crippen LogP contribution in [0.3, 0.4) is 0 Å². The first-order valence-corrected chi connectivity index (χ1v) is 8.02. The largest absolute Gasteiger partial charge is 0.489 e. The van der Waals surface area contributed by atoms with Crippen LogP contribution < -0.4 is 20.3 Å². The van der Waals surface area contributed by atoms with Gasteiger partial charge in [0.15, 0.2) is 0 Å². The maximum absolute atomic E-state index is 12.1. The Labute approximate surface area is 147 Å². The fraction of sp³-hybridized carbons (Fsp3) is 0.471. The zero-order chi connectivity index (χ0) is 18.6. The van der Waals surface area contributed by atoms with Crippen molar-refractivity contribution in [3.8, 4) is 5.75 Å². The molecule has 0 bridgehead atoms. The summed E-state index contributed by atoms with van der Waals surface area (Å²) in [5.74, 6) is 0.105. The highest BCUT2D eigenvalue weighted by atomic mass is 16.5. The molecule has 0 aliphatic carbocycles. The molecule has 1 aromatic carbocycles. The van der Waals surface area contributed by atoms with E-state index in [2.05, 4.69) is 10.6 Å². The van der Waals surface area contributed by atoms with Crippen LogP contribution in [-0.4, -0.2) is 70.0 Å². The van der Waals surface area contributed by atoms with Gasteiger partial charge < -0.3 is 25.2 Å². The number of amides is 3. The maximum atomic E-state index is 12.1. The molecule has 2 N–H and O–H groups in total. The third-order valence-corrected chi connectivity index (χ3v) is 4.12. The maximum Gasteiger partial charge on any atom is 0.253 e. The van der Waals surface area contributed by atoms with Crippen LogP contribution in [0.25, 0.3) is 0 Å². The first-order valence-electron chi connectivity index (χ1n) is 8.02. The summed E-state index contributed by atoms with van der Waals surface area (Å²) in [6.45, 7) is 0.308. The molecule has 0 saturated carbocycles. The van der Waals surface area contributed by atoms with Crippen molar-refractivity contribution < 1.29 is 19.1 Å². The molecule has 0 spiro atoms. The lowest BCUT2D eigenvalue weighted by Crippen LogP contribution is -2.45. The lowest BCUT2D eigenvalue weighted by Gasteiger charge is -2.35. The Hall–Kier alpha value is -2.77. The number of benzene rings is 1. The molecule has 0 radical (unpaired) electrons. The van der Waals surface area contributed by atoms with Crippen LogP contribution in [0.15, 0.2) is 18.2 Å². The third-order valence-electron chi connectivity index (χ3n) is 4.12. The second-order valence-electron chi connectivity index (χ2n) is 6.11. The molecular weight excluding hydrogens is 324 g/mol. The predicted molar refractivity (Wildman–Crippen MR) is 93.8 cm³/mol. The molecule has 1 aliphatic rings. The number of likely N-dealkylation sites (N-methyl/N-ethyl adjacent to an activating group) is 2. The van der Waals surface area contributed by atoms with Crippen LogP contribution in [-0.2, 0) is 9.59 Å². The molecule has 8 nitrogen and oxygen atoms in total. The Bertz CT molecular complexity index is 675. The van der Waals surface area contributed by atoms with Gasteiger partial charge in [-0.05, 0) is 18.2 Å². The number of fused-ring (bicyclic) bond motifs is 1. The highest BCUT2D eigenvalue weighted by molar-refractivity contribution is 5.95. The van der Waals surface area contributed by atoms with E-state index in [-0.39, 0.29) is 36.7 Å². The van der Waals surface area contributed by atoms with E-state index in [9.17, 15) is 14.4 Å². The van der Waals surface area contributed by atoms with Crippen LogP contribution in [0.1, 0.15) is 16.8 Å². The molecule has 3 amide bonds. The van der Waals surface area contributed by atoms with Gasteiger partial charge in [-0.2, -0.15) is 0 Å². The van der Waals surface area contributed by atoms with Crippen molar-refractivity contribution in [1.82, 2.24) is 15.5 Å². The van der Waals surface area contributed by atoms with Gasteiger partial charge in [0.25, 0.3) is 5.91 Å². The number of nitrogens with one attached hydrogen (secondary N) is 2. The molecule has 1 heterocycles. The highest BCUT2D eigenvalue weighted by Crippen LogP contribution is 2.34. The normalized spacial score (nSPS) is 15.7. The SMILES string of the molecule is CNC(=O)CNC(=O)C[C@@H]1COc2ccc(C(=O)N(C)C)cc2N1C. The summed E-state index contributed by atoms with van der Waals surface area (Å²) in [6.07, 6.45) is 0.193. The Morgan fingerprint density at radius 3 is 2.64 bits per heavy atom. The Kier molecular flexibility index (Phi) is 5.84. The Morgan fingerprint density at radius 1 is 1.28 bits per heavy atom. The van der Waals surface area contributed by atoms with E-state index < -0.39 is 0 Å². The number of hydrogen-bond donors (Lipinski definition) is 2. The number of rotatable bonds is 5. The van der Waals surface area contributed by atoms with Crippen molar-refractivity contribution >= 4 is 23.4 Å². The van der Waals surface area contributed by atoms with E-state index in [1.807, 2.05) is 11.9 Å². The highest BCUT2D eigenvalue weighted by Gasteiger charge is 2.27. The van der Waals surface area contributed by atoms with Gasteiger partial charge in [-0.3, -0.25) is 14.4 Å². The summed E-state index contributed by atoms with van der Waals surface area (Å²) in [4.78, 5) is 38.8. The summed E-state index contributed by atoms with van der Waals surface area (Å²) in [6, 6.07) is 5.09. The first-order chi connectivity index (χ1) is 11.8. The first kappa shape index (κ1) is 18.6. The molecule has 2 rings (SSSR count). The van der Waals surface area contributed by atoms with Crippen molar-refractivity contribution in [3.05, 3.63) is 23.8 Å². The number of ether oxygens (including phenoxy) is 1. The second-order valence-corrected chi connectivity index (χ2v) is 6.11. The zero-order valence-corrected chi connectivity index (χ0v) is 15.0.